The minimum absolute atomic E-state index is 0. The van der Waals surface area contributed by atoms with Crippen molar-refractivity contribution in [1.29, 1.82) is 0 Å². The number of hydrogen-bond donors (Lipinski definition) is 0. The molecule has 0 saturated heterocycles. The number of aromatic nitrogens is 1. The SMILES string of the molecule is [Ir].[c-]1ccccc1-c1ncc(-c2ccccc2)o1. The van der Waals surface area contributed by atoms with E-state index in [9.17, 15) is 0 Å². The molecule has 18 heavy (non-hydrogen) atoms. The first-order valence-electron chi connectivity index (χ1n) is 5.42. The third-order valence-electron chi connectivity index (χ3n) is 2.50. The average Bonchev–Trinajstić information content (AvgIpc) is 2.90. The van der Waals surface area contributed by atoms with E-state index >= 15 is 0 Å². The van der Waals surface area contributed by atoms with Gasteiger partial charge in [0, 0.05) is 25.7 Å². The zero-order valence-electron chi connectivity index (χ0n) is 9.46. The standard InChI is InChI=1S/C15H10NO.Ir/c1-3-7-12(8-4-1)14-11-16-15(17-14)13-9-5-2-6-10-13;/h1-9,11H;/q-1;. The molecule has 1 aromatic heterocycles. The quantitative estimate of drug-likeness (QED) is 0.599. The van der Waals surface area contributed by atoms with E-state index in [0.29, 0.717) is 5.89 Å². The van der Waals surface area contributed by atoms with Gasteiger partial charge in [0.2, 0.25) is 0 Å². The zero-order chi connectivity index (χ0) is 11.5. The Labute approximate surface area is 119 Å². The van der Waals surface area contributed by atoms with Crippen molar-refractivity contribution in [1.82, 2.24) is 4.98 Å². The van der Waals surface area contributed by atoms with Crippen molar-refractivity contribution in [3.8, 4) is 22.8 Å². The van der Waals surface area contributed by atoms with Gasteiger partial charge in [-0.05, 0) is 0 Å². The molecule has 0 aliphatic rings. The predicted molar refractivity (Wildman–Crippen MR) is 66.2 cm³/mol. The van der Waals surface area contributed by atoms with Gasteiger partial charge < -0.3 is 4.42 Å². The molecule has 3 aromatic rings. The van der Waals surface area contributed by atoms with Crippen molar-refractivity contribution < 1.29 is 24.5 Å². The van der Waals surface area contributed by atoms with E-state index in [1.807, 2.05) is 54.6 Å². The molecule has 3 heteroatoms. The van der Waals surface area contributed by atoms with Gasteiger partial charge in [0.25, 0.3) is 0 Å². The Hall–Kier alpha value is -1.70. The summed E-state index contributed by atoms with van der Waals surface area (Å²) in [6.07, 6.45) is 1.74. The van der Waals surface area contributed by atoms with E-state index in [2.05, 4.69) is 11.1 Å². The van der Waals surface area contributed by atoms with Crippen LogP contribution < -0.4 is 0 Å². The fourth-order valence-electron chi connectivity index (χ4n) is 1.66. The Morgan fingerprint density at radius 1 is 0.944 bits per heavy atom. The second kappa shape index (κ2) is 5.76. The average molecular weight is 412 g/mol. The summed E-state index contributed by atoms with van der Waals surface area (Å²) in [6, 6.07) is 20.7. The molecule has 2 aromatic carbocycles. The second-order valence-electron chi connectivity index (χ2n) is 3.67. The van der Waals surface area contributed by atoms with Crippen LogP contribution in [0.3, 0.4) is 0 Å². The minimum atomic E-state index is 0. The van der Waals surface area contributed by atoms with Crippen LogP contribution in [0.4, 0.5) is 0 Å². The largest absolute Gasteiger partial charge is 0.481 e. The molecule has 0 atom stereocenters. The summed E-state index contributed by atoms with van der Waals surface area (Å²) in [6.45, 7) is 0. The second-order valence-corrected chi connectivity index (χ2v) is 3.67. The van der Waals surface area contributed by atoms with Gasteiger partial charge in [-0.25, -0.2) is 0 Å². The fraction of sp³-hybridized carbons (Fsp3) is 0. The Morgan fingerprint density at radius 3 is 2.44 bits per heavy atom. The Balaban J connectivity index is 0.00000120. The first-order chi connectivity index (χ1) is 8.43. The Morgan fingerprint density at radius 2 is 1.72 bits per heavy atom. The fourth-order valence-corrected chi connectivity index (χ4v) is 1.66. The maximum absolute atomic E-state index is 5.71. The molecule has 0 aliphatic carbocycles. The molecule has 0 unspecified atom stereocenters. The van der Waals surface area contributed by atoms with Gasteiger partial charge in [0.05, 0.1) is 6.20 Å². The molecule has 0 fully saturated rings. The van der Waals surface area contributed by atoms with Crippen LogP contribution in [0.25, 0.3) is 22.8 Å². The van der Waals surface area contributed by atoms with E-state index in [-0.39, 0.29) is 20.1 Å². The Bertz CT molecular complexity index is 551. The van der Waals surface area contributed by atoms with Crippen molar-refractivity contribution in [2.45, 2.75) is 0 Å². The van der Waals surface area contributed by atoms with Crippen molar-refractivity contribution >= 4 is 0 Å². The summed E-state index contributed by atoms with van der Waals surface area (Å²) < 4.78 is 5.71. The number of oxazole rings is 1. The molecule has 1 heterocycles. The third kappa shape index (κ3) is 2.58. The van der Waals surface area contributed by atoms with Crippen LogP contribution in [0, 0.1) is 6.07 Å². The van der Waals surface area contributed by atoms with Gasteiger partial charge >= 0.3 is 0 Å². The number of nitrogens with zero attached hydrogens (tertiary/aromatic N) is 1. The van der Waals surface area contributed by atoms with Gasteiger partial charge in [-0.1, -0.05) is 35.9 Å². The molecule has 0 bridgehead atoms. The normalized spacial score (nSPS) is 9.78. The van der Waals surface area contributed by atoms with Crippen LogP contribution in [0.5, 0.6) is 0 Å². The van der Waals surface area contributed by atoms with Crippen molar-refractivity contribution in [2.75, 3.05) is 0 Å². The van der Waals surface area contributed by atoms with E-state index in [0.717, 1.165) is 16.9 Å². The van der Waals surface area contributed by atoms with Crippen molar-refractivity contribution in [3.63, 3.8) is 0 Å². The molecular weight excluding hydrogens is 402 g/mol. The summed E-state index contributed by atoms with van der Waals surface area (Å²) in [5.74, 6) is 1.38. The minimum Gasteiger partial charge on any atom is -0.481 e. The maximum Gasteiger partial charge on any atom is 0.141 e. The third-order valence-corrected chi connectivity index (χ3v) is 2.50. The molecular formula is C15H10IrNO-. The number of benzene rings is 2. The molecule has 91 valence electrons. The molecule has 0 spiro atoms. The van der Waals surface area contributed by atoms with Gasteiger partial charge in [0.1, 0.15) is 11.7 Å². The van der Waals surface area contributed by atoms with Gasteiger partial charge in [-0.15, -0.1) is 30.3 Å². The van der Waals surface area contributed by atoms with Crippen molar-refractivity contribution in [2.24, 2.45) is 0 Å². The van der Waals surface area contributed by atoms with Crippen LogP contribution in [0.15, 0.2) is 65.2 Å². The number of rotatable bonds is 2. The molecule has 0 N–H and O–H groups in total. The summed E-state index contributed by atoms with van der Waals surface area (Å²) in [4.78, 5) is 4.26. The summed E-state index contributed by atoms with van der Waals surface area (Å²) in [5, 5.41) is 0. The Kier molecular flexibility index (Phi) is 4.08. The molecule has 0 amide bonds. The molecule has 3 rings (SSSR count). The van der Waals surface area contributed by atoms with Crippen molar-refractivity contribution in [3.05, 3.63) is 66.9 Å². The summed E-state index contributed by atoms with van der Waals surface area (Å²) in [7, 11) is 0. The monoisotopic (exact) mass is 413 g/mol. The van der Waals surface area contributed by atoms with E-state index in [1.54, 1.807) is 6.20 Å². The van der Waals surface area contributed by atoms with Crippen LogP contribution in [-0.4, -0.2) is 4.98 Å². The molecule has 0 aliphatic heterocycles. The molecule has 2 nitrogen and oxygen atoms in total. The van der Waals surface area contributed by atoms with Crippen LogP contribution in [-0.2, 0) is 20.1 Å². The zero-order valence-corrected chi connectivity index (χ0v) is 11.9. The van der Waals surface area contributed by atoms with Gasteiger partial charge in [-0.3, -0.25) is 4.98 Å². The topological polar surface area (TPSA) is 26.0 Å². The summed E-state index contributed by atoms with van der Waals surface area (Å²) in [5.41, 5.74) is 1.90. The van der Waals surface area contributed by atoms with Crippen LogP contribution in [0.1, 0.15) is 0 Å². The molecule has 1 radical (unpaired) electrons. The van der Waals surface area contributed by atoms with Gasteiger partial charge in [0.15, 0.2) is 0 Å². The predicted octanol–water partition coefficient (Wildman–Crippen LogP) is 3.81. The van der Waals surface area contributed by atoms with Crippen LogP contribution in [0.2, 0.25) is 0 Å². The summed E-state index contributed by atoms with van der Waals surface area (Å²) >= 11 is 0. The van der Waals surface area contributed by atoms with E-state index < -0.39 is 0 Å². The number of hydrogen-bond acceptors (Lipinski definition) is 2. The first kappa shape index (κ1) is 12.7. The first-order valence-corrected chi connectivity index (χ1v) is 5.42. The van der Waals surface area contributed by atoms with E-state index in [1.165, 1.54) is 0 Å². The smallest absolute Gasteiger partial charge is 0.141 e. The molecule has 0 saturated carbocycles. The van der Waals surface area contributed by atoms with Gasteiger partial charge in [-0.2, -0.15) is 0 Å². The van der Waals surface area contributed by atoms with Crippen LogP contribution >= 0.6 is 0 Å². The maximum atomic E-state index is 5.71. The van der Waals surface area contributed by atoms with E-state index in [4.69, 9.17) is 4.42 Å².